The van der Waals surface area contributed by atoms with Crippen LogP contribution < -0.4 is 5.32 Å². The molecule has 0 aliphatic rings. The Morgan fingerprint density at radius 2 is 2.27 bits per heavy atom. The van der Waals surface area contributed by atoms with E-state index < -0.39 is 0 Å². The van der Waals surface area contributed by atoms with Crippen molar-refractivity contribution in [3.8, 4) is 0 Å². The number of nitrogens with one attached hydrogen (secondary N) is 1. The molecule has 0 aromatic heterocycles. The first-order valence-corrected chi connectivity index (χ1v) is 6.87. The zero-order valence-corrected chi connectivity index (χ0v) is 11.2. The molecule has 1 rings (SSSR count). The molecule has 82 valence electrons. The van der Waals surface area contributed by atoms with Gasteiger partial charge < -0.3 is 5.32 Å². The Labute approximate surface area is 103 Å². The second kappa shape index (κ2) is 6.18. The van der Waals surface area contributed by atoms with E-state index >= 15 is 0 Å². The zero-order valence-electron chi connectivity index (χ0n) is 8.84. The highest BCUT2D eigenvalue weighted by atomic mass is 79.9. The van der Waals surface area contributed by atoms with Crippen LogP contribution in [0.3, 0.4) is 0 Å². The van der Waals surface area contributed by atoms with Crippen LogP contribution in [0.25, 0.3) is 0 Å². The molecule has 0 aliphatic heterocycles. The van der Waals surface area contributed by atoms with E-state index in [1.165, 1.54) is 0 Å². The van der Waals surface area contributed by atoms with Crippen LogP contribution in [-0.2, 0) is 0 Å². The van der Waals surface area contributed by atoms with Gasteiger partial charge in [-0.05, 0) is 46.8 Å². The van der Waals surface area contributed by atoms with E-state index in [1.54, 1.807) is 11.8 Å². The van der Waals surface area contributed by atoms with Gasteiger partial charge in [0.1, 0.15) is 0 Å². The lowest BCUT2D eigenvalue weighted by Crippen LogP contribution is -2.25. The Balaban J connectivity index is 2.65. The van der Waals surface area contributed by atoms with Crippen molar-refractivity contribution in [1.82, 2.24) is 5.32 Å². The van der Waals surface area contributed by atoms with Crippen molar-refractivity contribution in [2.45, 2.75) is 6.92 Å². The molecule has 0 unspecified atom stereocenters. The van der Waals surface area contributed by atoms with Gasteiger partial charge in [0.25, 0.3) is 5.91 Å². The molecular weight excluding hydrogens is 274 g/mol. The number of thioether (sulfide) groups is 1. The fourth-order valence-corrected chi connectivity index (χ4v) is 2.15. The average Bonchev–Trinajstić information content (AvgIpc) is 2.17. The molecular formula is C11H14BrNOS. The first kappa shape index (κ1) is 12.6. The third-order valence-electron chi connectivity index (χ3n) is 1.96. The van der Waals surface area contributed by atoms with Crippen LogP contribution in [-0.4, -0.2) is 24.5 Å². The van der Waals surface area contributed by atoms with Gasteiger partial charge in [0.15, 0.2) is 0 Å². The summed E-state index contributed by atoms with van der Waals surface area (Å²) in [5.41, 5.74) is 1.84. The predicted molar refractivity (Wildman–Crippen MR) is 69.6 cm³/mol. The van der Waals surface area contributed by atoms with Crippen LogP contribution in [0.1, 0.15) is 15.9 Å². The number of hydrogen-bond donors (Lipinski definition) is 1. The lowest BCUT2D eigenvalue weighted by Gasteiger charge is -2.06. The van der Waals surface area contributed by atoms with Gasteiger partial charge >= 0.3 is 0 Å². The van der Waals surface area contributed by atoms with Gasteiger partial charge in [-0.15, -0.1) is 0 Å². The maximum absolute atomic E-state index is 11.7. The maximum Gasteiger partial charge on any atom is 0.252 e. The number of benzene rings is 1. The molecule has 0 atom stereocenters. The SMILES string of the molecule is CSCCNC(=O)c1ccc(C)cc1Br. The van der Waals surface area contributed by atoms with Gasteiger partial charge in [0.2, 0.25) is 0 Å². The van der Waals surface area contributed by atoms with Crippen molar-refractivity contribution in [2.24, 2.45) is 0 Å². The molecule has 0 bridgehead atoms. The number of rotatable bonds is 4. The first-order valence-electron chi connectivity index (χ1n) is 4.68. The van der Waals surface area contributed by atoms with Gasteiger partial charge in [-0.25, -0.2) is 0 Å². The van der Waals surface area contributed by atoms with Gasteiger partial charge in [-0.3, -0.25) is 4.79 Å². The summed E-state index contributed by atoms with van der Waals surface area (Å²) in [6.45, 7) is 2.71. The second-order valence-electron chi connectivity index (χ2n) is 3.23. The fraction of sp³-hybridized carbons (Fsp3) is 0.364. The van der Waals surface area contributed by atoms with E-state index in [2.05, 4.69) is 21.2 Å². The van der Waals surface area contributed by atoms with Crippen molar-refractivity contribution in [3.63, 3.8) is 0 Å². The van der Waals surface area contributed by atoms with Gasteiger partial charge in [-0.1, -0.05) is 6.07 Å². The molecule has 1 amide bonds. The van der Waals surface area contributed by atoms with E-state index in [0.29, 0.717) is 12.1 Å². The monoisotopic (exact) mass is 287 g/mol. The van der Waals surface area contributed by atoms with Crippen LogP contribution >= 0.6 is 27.7 Å². The third-order valence-corrected chi connectivity index (χ3v) is 3.23. The highest BCUT2D eigenvalue weighted by Crippen LogP contribution is 2.18. The lowest BCUT2D eigenvalue weighted by atomic mass is 10.1. The Morgan fingerprint density at radius 1 is 1.53 bits per heavy atom. The number of carbonyl (C=O) groups excluding carboxylic acids is 1. The molecule has 1 N–H and O–H groups in total. The number of aryl methyl sites for hydroxylation is 1. The molecule has 0 aliphatic carbocycles. The van der Waals surface area contributed by atoms with Crippen molar-refractivity contribution in [2.75, 3.05) is 18.6 Å². The van der Waals surface area contributed by atoms with E-state index in [9.17, 15) is 4.79 Å². The Kier molecular flexibility index (Phi) is 5.19. The van der Waals surface area contributed by atoms with Crippen LogP contribution in [0.2, 0.25) is 0 Å². The minimum atomic E-state index is -0.0177. The quantitative estimate of drug-likeness (QED) is 0.863. The summed E-state index contributed by atoms with van der Waals surface area (Å²) in [4.78, 5) is 11.7. The van der Waals surface area contributed by atoms with Crippen LogP contribution in [0.4, 0.5) is 0 Å². The largest absolute Gasteiger partial charge is 0.351 e. The minimum absolute atomic E-state index is 0.0177. The highest BCUT2D eigenvalue weighted by molar-refractivity contribution is 9.10. The number of carbonyl (C=O) groups is 1. The van der Waals surface area contributed by atoms with Crippen molar-refractivity contribution in [1.29, 1.82) is 0 Å². The summed E-state index contributed by atoms with van der Waals surface area (Å²) < 4.78 is 0.851. The topological polar surface area (TPSA) is 29.1 Å². The van der Waals surface area contributed by atoms with Crippen LogP contribution in [0.15, 0.2) is 22.7 Å². The molecule has 0 saturated carbocycles. The van der Waals surface area contributed by atoms with Gasteiger partial charge in [0.05, 0.1) is 5.56 Å². The van der Waals surface area contributed by atoms with E-state index in [4.69, 9.17) is 0 Å². The molecule has 0 spiro atoms. The van der Waals surface area contributed by atoms with Gasteiger partial charge in [0, 0.05) is 16.8 Å². The summed E-state index contributed by atoms with van der Waals surface area (Å²) in [6, 6.07) is 5.73. The molecule has 0 fully saturated rings. The molecule has 1 aromatic carbocycles. The number of amides is 1. The summed E-state index contributed by atoms with van der Waals surface area (Å²) in [5, 5.41) is 2.87. The minimum Gasteiger partial charge on any atom is -0.351 e. The molecule has 0 radical (unpaired) electrons. The predicted octanol–water partition coefficient (Wildman–Crippen LogP) is 2.85. The molecule has 15 heavy (non-hydrogen) atoms. The Hall–Kier alpha value is -0.480. The maximum atomic E-state index is 11.7. The number of hydrogen-bond acceptors (Lipinski definition) is 2. The smallest absolute Gasteiger partial charge is 0.252 e. The standard InChI is InChI=1S/C11H14BrNOS/c1-8-3-4-9(10(12)7-8)11(14)13-5-6-15-2/h3-4,7H,5-6H2,1-2H3,(H,13,14). The molecule has 1 aromatic rings. The average molecular weight is 288 g/mol. The first-order chi connectivity index (χ1) is 7.15. The molecule has 2 nitrogen and oxygen atoms in total. The number of halogens is 1. The van der Waals surface area contributed by atoms with E-state index in [1.807, 2.05) is 31.4 Å². The third kappa shape index (κ3) is 3.87. The van der Waals surface area contributed by atoms with Crippen molar-refractivity contribution in [3.05, 3.63) is 33.8 Å². The normalized spacial score (nSPS) is 10.1. The highest BCUT2D eigenvalue weighted by Gasteiger charge is 2.08. The van der Waals surface area contributed by atoms with E-state index in [0.717, 1.165) is 15.8 Å². The van der Waals surface area contributed by atoms with Gasteiger partial charge in [-0.2, -0.15) is 11.8 Å². The molecule has 0 saturated heterocycles. The fourth-order valence-electron chi connectivity index (χ4n) is 1.17. The second-order valence-corrected chi connectivity index (χ2v) is 5.07. The Morgan fingerprint density at radius 3 is 2.87 bits per heavy atom. The molecule has 0 heterocycles. The van der Waals surface area contributed by atoms with Crippen LogP contribution in [0.5, 0.6) is 0 Å². The lowest BCUT2D eigenvalue weighted by molar-refractivity contribution is 0.0955. The van der Waals surface area contributed by atoms with E-state index in [-0.39, 0.29) is 5.91 Å². The van der Waals surface area contributed by atoms with Crippen LogP contribution in [0, 0.1) is 6.92 Å². The summed E-state index contributed by atoms with van der Waals surface area (Å²) >= 11 is 5.11. The summed E-state index contributed by atoms with van der Waals surface area (Å²) in [6.07, 6.45) is 2.02. The zero-order chi connectivity index (χ0) is 11.3. The summed E-state index contributed by atoms with van der Waals surface area (Å²) in [5.74, 6) is 0.922. The van der Waals surface area contributed by atoms with Crippen molar-refractivity contribution >= 4 is 33.6 Å². The Bertz CT molecular complexity index is 354. The summed E-state index contributed by atoms with van der Waals surface area (Å²) in [7, 11) is 0. The van der Waals surface area contributed by atoms with Crippen molar-refractivity contribution < 1.29 is 4.79 Å². The molecule has 4 heteroatoms.